The van der Waals surface area contributed by atoms with E-state index in [9.17, 15) is 4.79 Å². The third kappa shape index (κ3) is 1.10. The zero-order valence-electron chi connectivity index (χ0n) is 5.37. The van der Waals surface area contributed by atoms with E-state index in [1.165, 1.54) is 10.8 Å². The monoisotopic (exact) mass is 140 g/mol. The Labute approximate surface area is 57.4 Å². The summed E-state index contributed by atoms with van der Waals surface area (Å²) in [4.78, 5) is 12.9. The van der Waals surface area contributed by atoms with Crippen molar-refractivity contribution in [2.75, 3.05) is 0 Å². The first-order valence-corrected chi connectivity index (χ1v) is 2.83. The maximum atomic E-state index is 10.7. The van der Waals surface area contributed by atoms with E-state index < -0.39 is 0 Å². The largest absolute Gasteiger partial charge is 0.493 e. The number of aromatic hydroxyl groups is 1. The summed E-state index contributed by atoms with van der Waals surface area (Å²) in [6.45, 7) is 3.86. The van der Waals surface area contributed by atoms with Crippen molar-refractivity contribution in [3.05, 3.63) is 29.3 Å². The lowest BCUT2D eigenvalue weighted by molar-refractivity contribution is 0.455. The van der Waals surface area contributed by atoms with Gasteiger partial charge in [0.15, 0.2) is 0 Å². The Hall–Kier alpha value is -1.45. The molecule has 1 aromatic rings. The second-order valence-electron chi connectivity index (χ2n) is 1.89. The van der Waals surface area contributed by atoms with Gasteiger partial charge < -0.3 is 5.11 Å². The van der Waals surface area contributed by atoms with Gasteiger partial charge >= 0.3 is 5.69 Å². The van der Waals surface area contributed by atoms with E-state index in [1.807, 2.05) is 0 Å². The second kappa shape index (κ2) is 2.43. The Morgan fingerprint density at radius 3 is 3.00 bits per heavy atom. The van der Waals surface area contributed by atoms with Crippen LogP contribution < -0.4 is 5.69 Å². The van der Waals surface area contributed by atoms with Crippen molar-refractivity contribution in [2.24, 2.45) is 0 Å². The average Bonchev–Trinajstić information content (AvgIpc) is 2.13. The van der Waals surface area contributed by atoms with Crippen LogP contribution in [0.1, 0.15) is 0 Å². The van der Waals surface area contributed by atoms with Gasteiger partial charge in [-0.25, -0.2) is 4.79 Å². The molecule has 2 N–H and O–H groups in total. The Kier molecular flexibility index (Phi) is 1.62. The standard InChI is InChI=1S/C6H8N2O2/c1-2-3-8-4-5(9)7-6(8)10/h2,4,9H,1,3H2,(H,7,10). The number of H-pyrrole nitrogens is 1. The molecule has 0 radical (unpaired) electrons. The lowest BCUT2D eigenvalue weighted by atomic mass is 10.6. The second-order valence-corrected chi connectivity index (χ2v) is 1.89. The van der Waals surface area contributed by atoms with E-state index in [0.29, 0.717) is 6.54 Å². The molecule has 0 amide bonds. The number of allylic oxidation sites excluding steroid dienone is 1. The molecular weight excluding hydrogens is 132 g/mol. The minimum Gasteiger partial charge on any atom is -0.493 e. The molecule has 0 fully saturated rings. The van der Waals surface area contributed by atoms with Gasteiger partial charge in [0.2, 0.25) is 5.88 Å². The summed E-state index contributed by atoms with van der Waals surface area (Å²) in [5.74, 6) is -0.119. The third-order valence-corrected chi connectivity index (χ3v) is 1.10. The van der Waals surface area contributed by atoms with E-state index in [2.05, 4.69) is 11.6 Å². The molecule has 0 atom stereocenters. The molecule has 1 rings (SSSR count). The summed E-state index contributed by atoms with van der Waals surface area (Å²) in [6, 6.07) is 0. The fraction of sp³-hybridized carbons (Fsp3) is 0.167. The molecule has 0 aliphatic carbocycles. The van der Waals surface area contributed by atoms with E-state index in [0.717, 1.165) is 0 Å². The minimum atomic E-state index is -0.322. The van der Waals surface area contributed by atoms with Crippen molar-refractivity contribution >= 4 is 0 Å². The van der Waals surface area contributed by atoms with Crippen molar-refractivity contribution in [1.82, 2.24) is 9.55 Å². The van der Waals surface area contributed by atoms with Crippen LogP contribution in [0.4, 0.5) is 0 Å². The molecule has 4 heteroatoms. The van der Waals surface area contributed by atoms with Gasteiger partial charge in [0.05, 0.1) is 6.20 Å². The van der Waals surface area contributed by atoms with Gasteiger partial charge in [0.1, 0.15) is 0 Å². The molecule has 0 saturated carbocycles. The van der Waals surface area contributed by atoms with Crippen LogP contribution in [0.25, 0.3) is 0 Å². The molecule has 0 spiro atoms. The number of aromatic nitrogens is 2. The first-order valence-electron chi connectivity index (χ1n) is 2.83. The Morgan fingerprint density at radius 1 is 1.90 bits per heavy atom. The highest BCUT2D eigenvalue weighted by Crippen LogP contribution is 1.96. The normalized spacial score (nSPS) is 9.60. The average molecular weight is 140 g/mol. The summed E-state index contributed by atoms with van der Waals surface area (Å²) in [5, 5.41) is 8.75. The summed E-state index contributed by atoms with van der Waals surface area (Å²) in [5.41, 5.74) is -0.322. The molecular formula is C6H8N2O2. The Morgan fingerprint density at radius 2 is 2.60 bits per heavy atom. The number of aromatic amines is 1. The molecule has 0 saturated heterocycles. The maximum Gasteiger partial charge on any atom is 0.328 e. The van der Waals surface area contributed by atoms with Gasteiger partial charge in [-0.1, -0.05) is 6.08 Å². The predicted molar refractivity (Wildman–Crippen MR) is 36.9 cm³/mol. The van der Waals surface area contributed by atoms with E-state index in [4.69, 9.17) is 5.11 Å². The molecule has 10 heavy (non-hydrogen) atoms. The van der Waals surface area contributed by atoms with Crippen molar-refractivity contribution in [3.63, 3.8) is 0 Å². The highest BCUT2D eigenvalue weighted by Gasteiger charge is 1.96. The van der Waals surface area contributed by atoms with E-state index >= 15 is 0 Å². The summed E-state index contributed by atoms with van der Waals surface area (Å²) >= 11 is 0. The number of nitrogens with zero attached hydrogens (tertiary/aromatic N) is 1. The lowest BCUT2D eigenvalue weighted by Gasteiger charge is -1.89. The summed E-state index contributed by atoms with van der Waals surface area (Å²) in [7, 11) is 0. The number of imidazole rings is 1. The quantitative estimate of drug-likeness (QED) is 0.571. The molecule has 1 heterocycles. The van der Waals surface area contributed by atoms with Gasteiger partial charge in [-0.2, -0.15) is 0 Å². The highest BCUT2D eigenvalue weighted by atomic mass is 16.3. The molecule has 0 aliphatic heterocycles. The zero-order valence-corrected chi connectivity index (χ0v) is 5.37. The van der Waals surface area contributed by atoms with E-state index in [1.54, 1.807) is 6.08 Å². The lowest BCUT2D eigenvalue weighted by Crippen LogP contribution is -2.14. The maximum absolute atomic E-state index is 10.7. The van der Waals surface area contributed by atoms with Gasteiger partial charge in [-0.05, 0) is 0 Å². The van der Waals surface area contributed by atoms with Crippen LogP contribution in [0.15, 0.2) is 23.6 Å². The van der Waals surface area contributed by atoms with Crippen molar-refractivity contribution in [1.29, 1.82) is 0 Å². The first-order chi connectivity index (χ1) is 4.74. The Balaban J connectivity index is 3.03. The number of nitrogens with one attached hydrogen (secondary N) is 1. The van der Waals surface area contributed by atoms with Gasteiger partial charge in [0.25, 0.3) is 0 Å². The van der Waals surface area contributed by atoms with Gasteiger partial charge in [-0.15, -0.1) is 6.58 Å². The van der Waals surface area contributed by atoms with Crippen LogP contribution in [0, 0.1) is 0 Å². The van der Waals surface area contributed by atoms with Crippen LogP contribution in [-0.4, -0.2) is 14.7 Å². The van der Waals surface area contributed by atoms with Gasteiger partial charge in [-0.3, -0.25) is 9.55 Å². The molecule has 0 unspecified atom stereocenters. The van der Waals surface area contributed by atoms with Crippen LogP contribution in [-0.2, 0) is 6.54 Å². The van der Waals surface area contributed by atoms with Crippen LogP contribution in [0.3, 0.4) is 0 Å². The smallest absolute Gasteiger partial charge is 0.328 e. The fourth-order valence-electron chi connectivity index (χ4n) is 0.695. The molecule has 54 valence electrons. The first kappa shape index (κ1) is 6.67. The molecule has 0 aromatic carbocycles. The van der Waals surface area contributed by atoms with Crippen molar-refractivity contribution < 1.29 is 5.11 Å². The number of hydrogen-bond donors (Lipinski definition) is 2. The SMILES string of the molecule is C=CCn1cc(O)[nH]c1=O. The number of rotatable bonds is 2. The minimum absolute atomic E-state index is 0.119. The Bertz CT molecular complexity index is 284. The number of hydrogen-bond acceptors (Lipinski definition) is 2. The third-order valence-electron chi connectivity index (χ3n) is 1.10. The summed E-state index contributed by atoms with van der Waals surface area (Å²) in [6.07, 6.45) is 2.90. The zero-order chi connectivity index (χ0) is 7.56. The van der Waals surface area contributed by atoms with Gasteiger partial charge in [0, 0.05) is 6.54 Å². The fourth-order valence-corrected chi connectivity index (χ4v) is 0.695. The molecule has 1 aromatic heterocycles. The van der Waals surface area contributed by atoms with Crippen LogP contribution >= 0.6 is 0 Å². The van der Waals surface area contributed by atoms with Crippen molar-refractivity contribution in [2.45, 2.75) is 6.54 Å². The van der Waals surface area contributed by atoms with Crippen molar-refractivity contribution in [3.8, 4) is 5.88 Å². The molecule has 0 aliphatic rings. The highest BCUT2D eigenvalue weighted by molar-refractivity contribution is 5.01. The summed E-state index contributed by atoms with van der Waals surface area (Å²) < 4.78 is 1.32. The predicted octanol–water partition coefficient (Wildman–Crippen LogP) is 0.0680. The topological polar surface area (TPSA) is 58.0 Å². The van der Waals surface area contributed by atoms with E-state index in [-0.39, 0.29) is 11.6 Å². The molecule has 4 nitrogen and oxygen atoms in total. The van der Waals surface area contributed by atoms with Crippen LogP contribution in [0.2, 0.25) is 0 Å². The molecule has 0 bridgehead atoms. The van der Waals surface area contributed by atoms with Crippen LogP contribution in [0.5, 0.6) is 5.88 Å².